The molecule has 6 atom stereocenters. The summed E-state index contributed by atoms with van der Waals surface area (Å²) in [6, 6.07) is 8.16. The highest BCUT2D eigenvalue weighted by atomic mass is 31.2. The number of aliphatic hydroxyl groups is 1. The van der Waals surface area contributed by atoms with E-state index < -0.39 is 61.6 Å². The van der Waals surface area contributed by atoms with Gasteiger partial charge in [-0.25, -0.2) is 9.36 Å². The van der Waals surface area contributed by atoms with E-state index in [0.29, 0.717) is 0 Å². The monoisotopic (exact) mass is 498 g/mol. The number of rotatable bonds is 9. The minimum absolute atomic E-state index is 0.199. The summed E-state index contributed by atoms with van der Waals surface area (Å²) in [5, 5.41) is 13.2. The Morgan fingerprint density at radius 1 is 1.35 bits per heavy atom. The minimum Gasteiger partial charge on any atom is -0.468 e. The molecule has 0 spiro atoms. The molecule has 1 aliphatic rings. The van der Waals surface area contributed by atoms with Gasteiger partial charge in [-0.05, 0) is 26.0 Å². The summed E-state index contributed by atoms with van der Waals surface area (Å²) in [6.45, 7) is 2.39. The molecule has 0 bridgehead atoms. The maximum Gasteiger partial charge on any atom is 0.459 e. The lowest BCUT2D eigenvalue weighted by molar-refractivity contribution is -0.142. The fraction of sp³-hybridized carbons (Fsp3) is 0.450. The lowest BCUT2D eigenvalue weighted by atomic mass is 9.93. The number of hydrogen-bond acceptors (Lipinski definition) is 10. The van der Waals surface area contributed by atoms with Gasteiger partial charge in [0.1, 0.15) is 24.0 Å². The smallest absolute Gasteiger partial charge is 0.459 e. The number of benzene rings is 1. The molecule has 2 aromatic rings. The van der Waals surface area contributed by atoms with Crippen molar-refractivity contribution in [2.24, 2.45) is 5.73 Å². The van der Waals surface area contributed by atoms with Crippen LogP contribution in [-0.4, -0.2) is 58.1 Å². The predicted molar refractivity (Wildman–Crippen MR) is 119 cm³/mol. The SMILES string of the molecule is COC(=O)[C@H](C)NP(=O)(OC[C@H]1O[C@@H](n2ccc(=O)[nH]c2=O)[C@](C)(N)[C@@H]1O)Oc1ccccc1. The van der Waals surface area contributed by atoms with Crippen LogP contribution < -0.4 is 26.6 Å². The van der Waals surface area contributed by atoms with Gasteiger partial charge in [0.25, 0.3) is 5.56 Å². The summed E-state index contributed by atoms with van der Waals surface area (Å²) in [5.74, 6) is -0.505. The van der Waals surface area contributed by atoms with Crippen molar-refractivity contribution in [1.29, 1.82) is 0 Å². The van der Waals surface area contributed by atoms with Gasteiger partial charge in [0.15, 0.2) is 6.23 Å². The Morgan fingerprint density at radius 2 is 2.03 bits per heavy atom. The highest BCUT2D eigenvalue weighted by molar-refractivity contribution is 7.52. The average molecular weight is 498 g/mol. The summed E-state index contributed by atoms with van der Waals surface area (Å²) in [6.07, 6.45) is -2.48. The molecule has 1 aromatic carbocycles. The molecule has 14 heteroatoms. The normalized spacial score (nSPS) is 27.0. The Balaban J connectivity index is 1.80. The van der Waals surface area contributed by atoms with E-state index >= 15 is 0 Å². The Kier molecular flexibility index (Phi) is 7.76. The van der Waals surface area contributed by atoms with Gasteiger partial charge in [0.05, 0.1) is 19.3 Å². The van der Waals surface area contributed by atoms with Crippen LogP contribution in [0.5, 0.6) is 5.75 Å². The molecule has 186 valence electrons. The van der Waals surface area contributed by atoms with Crippen molar-refractivity contribution < 1.29 is 33.0 Å². The maximum absolute atomic E-state index is 13.5. The van der Waals surface area contributed by atoms with Crippen molar-refractivity contribution in [2.75, 3.05) is 13.7 Å². The summed E-state index contributed by atoms with van der Waals surface area (Å²) in [7, 11) is -3.02. The van der Waals surface area contributed by atoms with Crippen LogP contribution >= 0.6 is 7.75 Å². The summed E-state index contributed by atoms with van der Waals surface area (Å²) >= 11 is 0. The number of methoxy groups -OCH3 is 1. The number of aliphatic hydroxyl groups excluding tert-OH is 1. The number of nitrogens with zero attached hydrogens (tertiary/aromatic N) is 1. The first-order chi connectivity index (χ1) is 16.0. The van der Waals surface area contributed by atoms with Crippen LogP contribution in [0.1, 0.15) is 20.1 Å². The molecule has 13 nitrogen and oxygen atoms in total. The lowest BCUT2D eigenvalue weighted by Gasteiger charge is -2.28. The number of nitrogens with one attached hydrogen (secondary N) is 2. The van der Waals surface area contributed by atoms with Crippen molar-refractivity contribution in [3.63, 3.8) is 0 Å². The predicted octanol–water partition coefficient (Wildman–Crippen LogP) is -0.133. The van der Waals surface area contributed by atoms with Gasteiger partial charge in [-0.2, -0.15) is 5.09 Å². The van der Waals surface area contributed by atoms with Gasteiger partial charge in [-0.3, -0.25) is 23.7 Å². The number of nitrogens with two attached hydrogens (primary N) is 1. The minimum atomic E-state index is -4.19. The fourth-order valence-corrected chi connectivity index (χ4v) is 4.89. The standard InChI is InChI=1S/C20H27N4O9P/c1-12(17(27)30-3)23-34(29,33-13-7-5-4-6-8-13)31-11-14-16(26)20(2,21)18(32-14)24-10-9-15(25)22-19(24)28/h4-10,12,14,16,18,26H,11,21H2,1-3H3,(H,23,29)(H,22,25,28)/t12-,14+,16+,18+,20+,34?/m0/s1. The van der Waals surface area contributed by atoms with E-state index in [1.807, 2.05) is 0 Å². The lowest BCUT2D eigenvalue weighted by Crippen LogP contribution is -2.53. The second-order valence-corrected chi connectivity index (χ2v) is 9.62. The zero-order valence-electron chi connectivity index (χ0n) is 18.7. The fourth-order valence-electron chi connectivity index (χ4n) is 3.39. The number of carbonyl (C=O) groups is 1. The van der Waals surface area contributed by atoms with E-state index in [0.717, 1.165) is 10.6 Å². The molecule has 1 aliphatic heterocycles. The van der Waals surface area contributed by atoms with E-state index in [-0.39, 0.29) is 5.75 Å². The number of aromatic amines is 1. The molecular formula is C20H27N4O9P. The maximum atomic E-state index is 13.5. The van der Waals surface area contributed by atoms with Gasteiger partial charge in [-0.1, -0.05) is 18.2 Å². The first-order valence-electron chi connectivity index (χ1n) is 10.3. The van der Waals surface area contributed by atoms with Crippen LogP contribution in [0.4, 0.5) is 0 Å². The quantitative estimate of drug-likeness (QED) is 0.267. The summed E-state index contributed by atoms with van der Waals surface area (Å²) in [4.78, 5) is 37.5. The molecule has 3 rings (SSSR count). The second kappa shape index (κ2) is 10.2. The van der Waals surface area contributed by atoms with Crippen LogP contribution in [-0.2, 0) is 23.4 Å². The zero-order valence-corrected chi connectivity index (χ0v) is 19.6. The number of carbonyl (C=O) groups excluding carboxylic acids is 1. The number of hydrogen-bond donors (Lipinski definition) is 4. The van der Waals surface area contributed by atoms with Gasteiger partial charge < -0.3 is 24.8 Å². The largest absolute Gasteiger partial charge is 0.468 e. The number of esters is 1. The molecule has 1 saturated heterocycles. The Hall–Kier alpha value is -2.80. The number of H-pyrrole nitrogens is 1. The molecule has 1 aromatic heterocycles. The van der Waals surface area contributed by atoms with Crippen LogP contribution in [0.25, 0.3) is 0 Å². The van der Waals surface area contributed by atoms with Crippen molar-refractivity contribution in [3.05, 3.63) is 63.4 Å². The van der Waals surface area contributed by atoms with Gasteiger partial charge in [0, 0.05) is 12.3 Å². The molecule has 0 radical (unpaired) electrons. The highest BCUT2D eigenvalue weighted by Crippen LogP contribution is 2.46. The van der Waals surface area contributed by atoms with Crippen molar-refractivity contribution in [1.82, 2.24) is 14.6 Å². The van der Waals surface area contributed by atoms with Gasteiger partial charge >= 0.3 is 19.4 Å². The molecule has 2 heterocycles. The third-order valence-electron chi connectivity index (χ3n) is 5.21. The highest BCUT2D eigenvalue weighted by Gasteiger charge is 2.52. The third kappa shape index (κ3) is 5.63. The van der Waals surface area contributed by atoms with Crippen LogP contribution in [0.2, 0.25) is 0 Å². The molecule has 0 amide bonds. The number of para-hydroxylation sites is 1. The summed E-state index contributed by atoms with van der Waals surface area (Å²) < 4.78 is 35.9. The molecule has 0 aliphatic carbocycles. The molecular weight excluding hydrogens is 471 g/mol. The van der Waals surface area contributed by atoms with Crippen LogP contribution in [0.15, 0.2) is 52.2 Å². The van der Waals surface area contributed by atoms with Crippen molar-refractivity contribution in [2.45, 2.75) is 43.9 Å². The van der Waals surface area contributed by atoms with Gasteiger partial charge in [0.2, 0.25) is 0 Å². The zero-order chi connectivity index (χ0) is 25.1. The second-order valence-electron chi connectivity index (χ2n) is 7.93. The Bertz CT molecular complexity index is 1170. The van der Waals surface area contributed by atoms with E-state index in [9.17, 15) is 24.1 Å². The number of aromatic nitrogens is 2. The Morgan fingerprint density at radius 3 is 2.65 bits per heavy atom. The third-order valence-corrected chi connectivity index (χ3v) is 6.86. The van der Waals surface area contributed by atoms with E-state index in [1.54, 1.807) is 18.2 Å². The van der Waals surface area contributed by atoms with Crippen LogP contribution in [0.3, 0.4) is 0 Å². The van der Waals surface area contributed by atoms with E-state index in [1.165, 1.54) is 39.3 Å². The summed E-state index contributed by atoms with van der Waals surface area (Å²) in [5.41, 5.74) is 3.37. The molecule has 34 heavy (non-hydrogen) atoms. The van der Waals surface area contributed by atoms with Crippen molar-refractivity contribution >= 4 is 13.7 Å². The topological polar surface area (TPSA) is 184 Å². The first kappa shape index (κ1) is 25.8. The number of ether oxygens (including phenoxy) is 2. The van der Waals surface area contributed by atoms with Crippen molar-refractivity contribution in [3.8, 4) is 5.75 Å². The van der Waals surface area contributed by atoms with E-state index in [4.69, 9.17) is 19.5 Å². The average Bonchev–Trinajstić information content (AvgIpc) is 3.01. The van der Waals surface area contributed by atoms with Crippen LogP contribution in [0, 0.1) is 0 Å². The molecule has 5 N–H and O–H groups in total. The van der Waals surface area contributed by atoms with Gasteiger partial charge in [-0.15, -0.1) is 0 Å². The van der Waals surface area contributed by atoms with E-state index in [2.05, 4.69) is 14.8 Å². The molecule has 0 saturated carbocycles. The first-order valence-corrected chi connectivity index (χ1v) is 11.8. The Labute approximate surface area is 194 Å². The molecule has 1 fully saturated rings. The molecule has 1 unspecified atom stereocenters.